The Bertz CT molecular complexity index is 568. The van der Waals surface area contributed by atoms with E-state index in [0.717, 1.165) is 25.8 Å². The zero-order valence-corrected chi connectivity index (χ0v) is 14.5. The van der Waals surface area contributed by atoms with Gasteiger partial charge in [-0.05, 0) is 31.6 Å². The summed E-state index contributed by atoms with van der Waals surface area (Å²) in [5, 5.41) is 2.03. The summed E-state index contributed by atoms with van der Waals surface area (Å²) in [4.78, 5) is 32.8. The van der Waals surface area contributed by atoms with Crippen LogP contribution in [0, 0.1) is 5.92 Å². The number of carbonyl (C=O) groups is 2. The third-order valence-electron chi connectivity index (χ3n) is 5.17. The Hall–Kier alpha value is -1.50. The first-order valence-electron chi connectivity index (χ1n) is 8.12. The molecular formula is C16H24N4O2S. The Morgan fingerprint density at radius 3 is 2.96 bits per heavy atom. The minimum atomic E-state index is -0.506. The van der Waals surface area contributed by atoms with Crippen LogP contribution in [0.2, 0.25) is 0 Å². The molecule has 3 atom stereocenters. The molecule has 0 spiro atoms. The van der Waals surface area contributed by atoms with Crippen molar-refractivity contribution in [1.29, 1.82) is 0 Å². The number of hydrogen-bond acceptors (Lipinski definition) is 5. The lowest BCUT2D eigenvalue weighted by Gasteiger charge is -2.44. The first-order valence-corrected chi connectivity index (χ1v) is 9.06. The summed E-state index contributed by atoms with van der Waals surface area (Å²) in [6.45, 7) is 3.46. The molecule has 0 aliphatic carbocycles. The molecule has 0 aromatic heterocycles. The fourth-order valence-corrected chi connectivity index (χ4v) is 4.50. The molecule has 2 unspecified atom stereocenters. The summed E-state index contributed by atoms with van der Waals surface area (Å²) in [5.74, 6) is 0.669. The molecule has 0 aromatic rings. The first kappa shape index (κ1) is 16.4. The number of likely N-dealkylation sites (tertiary alicyclic amines) is 1. The average molecular weight is 336 g/mol. The van der Waals surface area contributed by atoms with E-state index in [1.807, 2.05) is 17.2 Å². The molecule has 3 rings (SSSR count). The molecule has 126 valence electrons. The number of nitrogens with zero attached hydrogens (tertiary/aromatic N) is 3. The second-order valence-electron chi connectivity index (χ2n) is 6.81. The van der Waals surface area contributed by atoms with Gasteiger partial charge in [0.2, 0.25) is 11.8 Å². The quantitative estimate of drug-likeness (QED) is 0.821. The molecular weight excluding hydrogens is 312 g/mol. The van der Waals surface area contributed by atoms with Crippen molar-refractivity contribution in [3.63, 3.8) is 0 Å². The highest BCUT2D eigenvalue weighted by atomic mass is 32.2. The van der Waals surface area contributed by atoms with Crippen molar-refractivity contribution >= 4 is 29.5 Å². The van der Waals surface area contributed by atoms with Gasteiger partial charge < -0.3 is 10.6 Å². The summed E-state index contributed by atoms with van der Waals surface area (Å²) in [7, 11) is 1.65. The Morgan fingerprint density at radius 1 is 1.52 bits per heavy atom. The predicted octanol–water partition coefficient (Wildman–Crippen LogP) is 1.18. The number of nitrogens with two attached hydrogens (primary N) is 1. The van der Waals surface area contributed by atoms with Crippen molar-refractivity contribution in [1.82, 2.24) is 9.80 Å². The average Bonchev–Trinajstić information content (AvgIpc) is 3.06. The fourth-order valence-electron chi connectivity index (χ4n) is 3.60. The van der Waals surface area contributed by atoms with Gasteiger partial charge in [0.1, 0.15) is 0 Å². The SMILES string of the molecule is CN1C(=O)C[C@@](C)(C2CCCN(C(=O)C3CC=CS3)C2)N=C1N. The normalized spacial score (nSPS) is 34.7. The van der Waals surface area contributed by atoms with Crippen molar-refractivity contribution < 1.29 is 9.59 Å². The number of hydrogen-bond donors (Lipinski definition) is 1. The number of amides is 2. The molecule has 0 aromatic carbocycles. The second-order valence-corrected chi connectivity index (χ2v) is 7.93. The first-order chi connectivity index (χ1) is 10.9. The zero-order valence-electron chi connectivity index (χ0n) is 13.7. The van der Waals surface area contributed by atoms with Crippen molar-refractivity contribution in [2.75, 3.05) is 20.1 Å². The standard InChI is InChI=1S/C16H24N4O2S/c1-16(9-13(21)19(2)15(17)18-16)11-5-3-7-20(10-11)14(22)12-6-4-8-23-12/h4,8,11-12H,3,5-7,9-10H2,1-2H3,(H2,17,18)/t11?,12?,16-/m0/s1. The van der Waals surface area contributed by atoms with Crippen LogP contribution in [0.15, 0.2) is 16.5 Å². The number of guanidine groups is 1. The second kappa shape index (κ2) is 6.19. The topological polar surface area (TPSA) is 79.0 Å². The maximum Gasteiger partial charge on any atom is 0.236 e. The Kier molecular flexibility index (Phi) is 4.40. The van der Waals surface area contributed by atoms with E-state index in [9.17, 15) is 9.59 Å². The molecule has 2 amide bonds. The van der Waals surface area contributed by atoms with E-state index < -0.39 is 5.54 Å². The van der Waals surface area contributed by atoms with Crippen molar-refractivity contribution in [3.05, 3.63) is 11.5 Å². The van der Waals surface area contributed by atoms with Gasteiger partial charge in [-0.1, -0.05) is 6.08 Å². The molecule has 7 heteroatoms. The maximum atomic E-state index is 12.6. The summed E-state index contributed by atoms with van der Waals surface area (Å²) in [6.07, 6.45) is 5.16. The van der Waals surface area contributed by atoms with Gasteiger partial charge in [-0.15, -0.1) is 11.8 Å². The molecule has 3 aliphatic rings. The summed E-state index contributed by atoms with van der Waals surface area (Å²) < 4.78 is 0. The van der Waals surface area contributed by atoms with Crippen LogP contribution < -0.4 is 5.73 Å². The van der Waals surface area contributed by atoms with Crippen molar-refractivity contribution in [2.45, 2.75) is 43.4 Å². The van der Waals surface area contributed by atoms with Gasteiger partial charge in [-0.3, -0.25) is 14.5 Å². The fraction of sp³-hybridized carbons (Fsp3) is 0.688. The molecule has 0 bridgehead atoms. The highest BCUT2D eigenvalue weighted by molar-refractivity contribution is 8.03. The molecule has 0 saturated carbocycles. The lowest BCUT2D eigenvalue weighted by Crippen LogP contribution is -2.55. The van der Waals surface area contributed by atoms with Crippen LogP contribution in [0.25, 0.3) is 0 Å². The van der Waals surface area contributed by atoms with E-state index in [0.29, 0.717) is 13.0 Å². The molecule has 0 radical (unpaired) electrons. The molecule has 23 heavy (non-hydrogen) atoms. The highest BCUT2D eigenvalue weighted by Gasteiger charge is 2.43. The van der Waals surface area contributed by atoms with Gasteiger partial charge in [0, 0.05) is 26.1 Å². The predicted molar refractivity (Wildman–Crippen MR) is 91.9 cm³/mol. The van der Waals surface area contributed by atoms with Gasteiger partial charge in [0.25, 0.3) is 0 Å². The minimum absolute atomic E-state index is 0.000927. The Labute approximate surface area is 141 Å². The van der Waals surface area contributed by atoms with Crippen LogP contribution >= 0.6 is 11.8 Å². The van der Waals surface area contributed by atoms with Crippen LogP contribution in [0.3, 0.4) is 0 Å². The highest BCUT2D eigenvalue weighted by Crippen LogP contribution is 2.36. The number of piperidine rings is 1. The lowest BCUT2D eigenvalue weighted by molar-refractivity contribution is -0.133. The van der Waals surface area contributed by atoms with Crippen LogP contribution in [0.1, 0.15) is 32.6 Å². The van der Waals surface area contributed by atoms with E-state index in [-0.39, 0.29) is 28.9 Å². The Morgan fingerprint density at radius 2 is 2.30 bits per heavy atom. The Balaban J connectivity index is 1.73. The number of rotatable bonds is 2. The van der Waals surface area contributed by atoms with E-state index in [1.54, 1.807) is 18.8 Å². The molecule has 2 N–H and O–H groups in total. The summed E-state index contributed by atoms with van der Waals surface area (Å²) in [6, 6.07) is 0. The number of thioether (sulfide) groups is 1. The van der Waals surface area contributed by atoms with Gasteiger partial charge in [-0.25, -0.2) is 4.99 Å². The van der Waals surface area contributed by atoms with Crippen molar-refractivity contribution in [3.8, 4) is 0 Å². The lowest BCUT2D eigenvalue weighted by atomic mass is 9.77. The maximum absolute atomic E-state index is 12.6. The van der Waals surface area contributed by atoms with Gasteiger partial charge in [-0.2, -0.15) is 0 Å². The van der Waals surface area contributed by atoms with E-state index in [2.05, 4.69) is 11.1 Å². The third-order valence-corrected chi connectivity index (χ3v) is 6.25. The number of allylic oxidation sites excluding steroid dienone is 1. The molecule has 3 aliphatic heterocycles. The monoisotopic (exact) mass is 336 g/mol. The van der Waals surface area contributed by atoms with Crippen LogP contribution in [0.4, 0.5) is 0 Å². The molecule has 3 heterocycles. The molecule has 1 saturated heterocycles. The van der Waals surface area contributed by atoms with E-state index >= 15 is 0 Å². The largest absolute Gasteiger partial charge is 0.369 e. The summed E-state index contributed by atoms with van der Waals surface area (Å²) >= 11 is 1.60. The van der Waals surface area contributed by atoms with E-state index in [1.165, 1.54) is 4.90 Å². The molecule has 6 nitrogen and oxygen atoms in total. The van der Waals surface area contributed by atoms with Crippen molar-refractivity contribution in [2.24, 2.45) is 16.6 Å². The smallest absolute Gasteiger partial charge is 0.236 e. The van der Waals surface area contributed by atoms with Crippen LogP contribution in [-0.2, 0) is 9.59 Å². The van der Waals surface area contributed by atoms with Crippen LogP contribution in [-0.4, -0.2) is 58.5 Å². The third kappa shape index (κ3) is 3.11. The van der Waals surface area contributed by atoms with Crippen LogP contribution in [0.5, 0.6) is 0 Å². The zero-order chi connectivity index (χ0) is 16.6. The summed E-state index contributed by atoms with van der Waals surface area (Å²) in [5.41, 5.74) is 5.40. The molecule has 1 fully saturated rings. The van der Waals surface area contributed by atoms with Gasteiger partial charge >= 0.3 is 0 Å². The van der Waals surface area contributed by atoms with E-state index in [4.69, 9.17) is 5.73 Å². The number of aliphatic imine (C=N–C) groups is 1. The minimum Gasteiger partial charge on any atom is -0.369 e. The number of carbonyl (C=O) groups excluding carboxylic acids is 2. The van der Waals surface area contributed by atoms with Gasteiger partial charge in [0.05, 0.1) is 17.2 Å². The van der Waals surface area contributed by atoms with Gasteiger partial charge in [0.15, 0.2) is 5.96 Å².